The van der Waals surface area contributed by atoms with E-state index in [1.807, 2.05) is 36.9 Å². The van der Waals surface area contributed by atoms with E-state index in [0.717, 1.165) is 47.0 Å². The van der Waals surface area contributed by atoms with Crippen molar-refractivity contribution in [2.45, 2.75) is 47.2 Å². The van der Waals surface area contributed by atoms with Crippen LogP contribution in [0.15, 0.2) is 18.2 Å². The van der Waals surface area contributed by atoms with E-state index in [9.17, 15) is 4.79 Å². The van der Waals surface area contributed by atoms with Gasteiger partial charge >= 0.3 is 0 Å². The molecule has 0 radical (unpaired) electrons. The molecule has 0 spiro atoms. The highest BCUT2D eigenvalue weighted by Crippen LogP contribution is 2.19. The van der Waals surface area contributed by atoms with Crippen LogP contribution in [0.1, 0.15) is 47.2 Å². The molecule has 7 nitrogen and oxygen atoms in total. The van der Waals surface area contributed by atoms with Gasteiger partial charge in [-0.3, -0.25) is 4.79 Å². The smallest absolute Gasteiger partial charge is 0.254 e. The number of carbonyl (C=O) groups excluding carboxylic acids is 1. The first-order chi connectivity index (χ1) is 12.9. The molecule has 3 aromatic rings. The minimum absolute atomic E-state index is 0.00316. The van der Waals surface area contributed by atoms with Gasteiger partial charge in [0.2, 0.25) is 0 Å². The van der Waals surface area contributed by atoms with Gasteiger partial charge < -0.3 is 9.47 Å². The Kier molecular flexibility index (Phi) is 4.37. The molecule has 0 fully saturated rings. The van der Waals surface area contributed by atoms with Crippen LogP contribution in [-0.4, -0.2) is 42.1 Å². The van der Waals surface area contributed by atoms with E-state index in [4.69, 9.17) is 0 Å². The van der Waals surface area contributed by atoms with Gasteiger partial charge in [0.1, 0.15) is 5.82 Å². The van der Waals surface area contributed by atoms with Gasteiger partial charge in [-0.15, -0.1) is 10.2 Å². The summed E-state index contributed by atoms with van der Waals surface area (Å²) in [6.45, 7) is 10.1. The van der Waals surface area contributed by atoms with Crippen molar-refractivity contribution in [3.05, 3.63) is 46.8 Å². The summed E-state index contributed by atoms with van der Waals surface area (Å²) in [6.07, 6.45) is 0.906. The van der Waals surface area contributed by atoms with Crippen molar-refractivity contribution in [3.63, 3.8) is 0 Å². The number of hydrogen-bond acceptors (Lipinski definition) is 5. The standard InChI is InChI=1S/C20H24N6O/c1-12(2)9-18-23-24-19-11-25(7-8-26(18)19)20(27)15-5-6-16-17(10-15)22-14(4)13(3)21-16/h5-6,10,12H,7-9,11H2,1-4H3. The van der Waals surface area contributed by atoms with Crippen LogP contribution in [0.2, 0.25) is 0 Å². The number of fused-ring (bicyclic) bond motifs is 2. The van der Waals surface area contributed by atoms with Crippen molar-refractivity contribution in [1.29, 1.82) is 0 Å². The fourth-order valence-electron chi connectivity index (χ4n) is 3.45. The molecule has 1 aromatic carbocycles. The number of amides is 1. The Morgan fingerprint density at radius 3 is 2.56 bits per heavy atom. The summed E-state index contributed by atoms with van der Waals surface area (Å²) in [4.78, 5) is 23.9. The molecule has 0 bridgehead atoms. The fraction of sp³-hybridized carbons (Fsp3) is 0.450. The monoisotopic (exact) mass is 364 g/mol. The molecule has 0 unspecified atom stereocenters. The van der Waals surface area contributed by atoms with Crippen LogP contribution in [0, 0.1) is 19.8 Å². The lowest BCUT2D eigenvalue weighted by molar-refractivity contribution is 0.0706. The number of nitrogens with zero attached hydrogens (tertiary/aromatic N) is 6. The molecule has 3 heterocycles. The van der Waals surface area contributed by atoms with Crippen LogP contribution in [0.3, 0.4) is 0 Å². The highest BCUT2D eigenvalue weighted by atomic mass is 16.2. The van der Waals surface area contributed by atoms with E-state index in [0.29, 0.717) is 24.6 Å². The minimum atomic E-state index is -0.00316. The molecule has 1 aliphatic heterocycles. The van der Waals surface area contributed by atoms with Gasteiger partial charge in [-0.1, -0.05) is 13.8 Å². The first-order valence-electron chi connectivity index (χ1n) is 9.37. The van der Waals surface area contributed by atoms with E-state index in [2.05, 4.69) is 38.6 Å². The Morgan fingerprint density at radius 1 is 1.07 bits per heavy atom. The molecule has 7 heteroatoms. The molecule has 27 heavy (non-hydrogen) atoms. The third kappa shape index (κ3) is 3.29. The summed E-state index contributed by atoms with van der Waals surface area (Å²) in [6, 6.07) is 5.54. The van der Waals surface area contributed by atoms with Crippen molar-refractivity contribution < 1.29 is 4.79 Å². The number of rotatable bonds is 3. The average Bonchev–Trinajstić information content (AvgIpc) is 3.03. The van der Waals surface area contributed by atoms with Crippen LogP contribution in [0.25, 0.3) is 11.0 Å². The summed E-state index contributed by atoms with van der Waals surface area (Å²) < 4.78 is 2.15. The second kappa shape index (κ2) is 6.72. The van der Waals surface area contributed by atoms with E-state index in [-0.39, 0.29) is 5.91 Å². The van der Waals surface area contributed by atoms with Gasteiger partial charge in [-0.2, -0.15) is 0 Å². The molecule has 4 rings (SSSR count). The number of benzene rings is 1. The molecule has 0 atom stereocenters. The lowest BCUT2D eigenvalue weighted by Gasteiger charge is -2.28. The highest BCUT2D eigenvalue weighted by Gasteiger charge is 2.25. The Labute approximate surface area is 158 Å². The van der Waals surface area contributed by atoms with Gasteiger partial charge in [0.15, 0.2) is 5.82 Å². The van der Waals surface area contributed by atoms with Gasteiger partial charge in [0, 0.05) is 25.1 Å². The first kappa shape index (κ1) is 17.6. The second-order valence-corrected chi connectivity index (χ2v) is 7.61. The van der Waals surface area contributed by atoms with Gasteiger partial charge in [-0.05, 0) is 38.0 Å². The van der Waals surface area contributed by atoms with E-state index < -0.39 is 0 Å². The lowest BCUT2D eigenvalue weighted by atomic mass is 10.1. The summed E-state index contributed by atoms with van der Waals surface area (Å²) in [5.41, 5.74) is 4.00. The Morgan fingerprint density at radius 2 is 1.81 bits per heavy atom. The van der Waals surface area contributed by atoms with Crippen molar-refractivity contribution in [3.8, 4) is 0 Å². The molecule has 0 saturated carbocycles. The van der Waals surface area contributed by atoms with Crippen LogP contribution in [0.5, 0.6) is 0 Å². The number of aryl methyl sites for hydroxylation is 2. The molecule has 0 aliphatic carbocycles. The van der Waals surface area contributed by atoms with Crippen LogP contribution < -0.4 is 0 Å². The quantitative estimate of drug-likeness (QED) is 0.714. The van der Waals surface area contributed by atoms with Crippen molar-refractivity contribution in [2.24, 2.45) is 5.92 Å². The molecule has 1 aliphatic rings. The third-order valence-corrected chi connectivity index (χ3v) is 5.03. The number of carbonyl (C=O) groups is 1. The highest BCUT2D eigenvalue weighted by molar-refractivity contribution is 5.97. The zero-order valence-corrected chi connectivity index (χ0v) is 16.2. The predicted molar refractivity (Wildman–Crippen MR) is 102 cm³/mol. The topological polar surface area (TPSA) is 76.8 Å². The molecule has 2 aromatic heterocycles. The van der Waals surface area contributed by atoms with Crippen LogP contribution in [-0.2, 0) is 19.5 Å². The summed E-state index contributed by atoms with van der Waals surface area (Å²) >= 11 is 0. The Bertz CT molecular complexity index is 1020. The van der Waals surface area contributed by atoms with Gasteiger partial charge in [-0.25, -0.2) is 9.97 Å². The first-order valence-corrected chi connectivity index (χ1v) is 9.37. The molecule has 1 amide bonds. The van der Waals surface area contributed by atoms with Crippen LogP contribution in [0.4, 0.5) is 0 Å². The zero-order chi connectivity index (χ0) is 19.1. The van der Waals surface area contributed by atoms with E-state index >= 15 is 0 Å². The molecule has 0 saturated heterocycles. The summed E-state index contributed by atoms with van der Waals surface area (Å²) in [5, 5.41) is 8.62. The predicted octanol–water partition coefficient (Wildman–Crippen LogP) is 2.69. The van der Waals surface area contributed by atoms with Crippen LogP contribution >= 0.6 is 0 Å². The van der Waals surface area contributed by atoms with Gasteiger partial charge in [0.05, 0.1) is 29.0 Å². The van der Waals surface area contributed by atoms with E-state index in [1.165, 1.54) is 0 Å². The average molecular weight is 364 g/mol. The third-order valence-electron chi connectivity index (χ3n) is 5.03. The van der Waals surface area contributed by atoms with Crippen molar-refractivity contribution in [1.82, 2.24) is 29.6 Å². The molecule has 140 valence electrons. The van der Waals surface area contributed by atoms with Gasteiger partial charge in [0.25, 0.3) is 5.91 Å². The second-order valence-electron chi connectivity index (χ2n) is 7.61. The molecule has 0 N–H and O–H groups in total. The largest absolute Gasteiger partial charge is 0.329 e. The SMILES string of the molecule is Cc1nc2ccc(C(=O)N3CCn4c(CC(C)C)nnc4C3)cc2nc1C. The fourth-order valence-corrected chi connectivity index (χ4v) is 3.45. The normalized spacial score (nSPS) is 14.0. The summed E-state index contributed by atoms with van der Waals surface area (Å²) in [5.74, 6) is 2.40. The van der Waals surface area contributed by atoms with Crippen molar-refractivity contribution in [2.75, 3.05) is 6.54 Å². The van der Waals surface area contributed by atoms with Crippen molar-refractivity contribution >= 4 is 16.9 Å². The van der Waals surface area contributed by atoms with E-state index in [1.54, 1.807) is 0 Å². The Balaban J connectivity index is 1.58. The summed E-state index contributed by atoms with van der Waals surface area (Å²) in [7, 11) is 0. The maximum Gasteiger partial charge on any atom is 0.254 e. The maximum absolute atomic E-state index is 13.0. The minimum Gasteiger partial charge on any atom is -0.329 e. The number of aromatic nitrogens is 5. The molecular weight excluding hydrogens is 340 g/mol. The lowest BCUT2D eigenvalue weighted by Crippen LogP contribution is -2.38. The zero-order valence-electron chi connectivity index (χ0n) is 16.2. The Hall–Kier alpha value is -2.83. The maximum atomic E-state index is 13.0. The molecular formula is C20H24N6O. The number of hydrogen-bond donors (Lipinski definition) is 0.